The lowest BCUT2D eigenvalue weighted by atomic mass is 10.1. The molecule has 4 N–H and O–H groups in total. The van der Waals surface area contributed by atoms with Crippen molar-refractivity contribution in [3.8, 4) is 0 Å². The van der Waals surface area contributed by atoms with Gasteiger partial charge in [-0.25, -0.2) is 0 Å². The Morgan fingerprint density at radius 3 is 2.57 bits per heavy atom. The number of aliphatic hydroxyl groups excluding tert-OH is 1. The van der Waals surface area contributed by atoms with Crippen LogP contribution in [-0.4, -0.2) is 23.7 Å². The fourth-order valence-electron chi connectivity index (χ4n) is 2.01. The zero-order valence-electron chi connectivity index (χ0n) is 11.4. The van der Waals surface area contributed by atoms with Crippen LogP contribution in [0.5, 0.6) is 0 Å². The van der Waals surface area contributed by atoms with Gasteiger partial charge >= 0.3 is 0 Å². The molecule has 0 bridgehead atoms. The van der Waals surface area contributed by atoms with Crippen LogP contribution in [0.15, 0.2) is 53.0 Å². The minimum Gasteiger partial charge on any atom is -0.398 e. The van der Waals surface area contributed by atoms with E-state index in [9.17, 15) is 9.90 Å². The van der Waals surface area contributed by atoms with Gasteiger partial charge in [-0.15, -0.1) is 0 Å². The zero-order valence-corrected chi connectivity index (χ0v) is 13.0. The van der Waals surface area contributed by atoms with Gasteiger partial charge in [0, 0.05) is 15.7 Å². The Kier molecular flexibility index (Phi) is 5.36. The van der Waals surface area contributed by atoms with E-state index in [4.69, 9.17) is 5.73 Å². The van der Waals surface area contributed by atoms with E-state index >= 15 is 0 Å². The number of nitrogens with one attached hydrogen (secondary N) is 1. The Labute approximate surface area is 132 Å². The number of carbonyl (C=O) groups is 1. The molecule has 0 radical (unpaired) electrons. The van der Waals surface area contributed by atoms with Crippen molar-refractivity contribution >= 4 is 27.5 Å². The number of anilines is 1. The molecule has 2 aromatic rings. The second-order valence-electron chi connectivity index (χ2n) is 4.78. The Morgan fingerprint density at radius 1 is 1.24 bits per heavy atom. The number of amides is 1. The first kappa shape index (κ1) is 15.5. The fraction of sp³-hybridized carbons (Fsp3) is 0.188. The van der Waals surface area contributed by atoms with Crippen molar-refractivity contribution in [3.05, 3.63) is 64.1 Å². The van der Waals surface area contributed by atoms with Crippen molar-refractivity contribution in [2.45, 2.75) is 12.5 Å². The molecule has 2 rings (SSSR count). The van der Waals surface area contributed by atoms with E-state index in [1.54, 1.807) is 18.2 Å². The van der Waals surface area contributed by atoms with E-state index < -0.39 is 0 Å². The van der Waals surface area contributed by atoms with Crippen LogP contribution in [0, 0.1) is 0 Å². The molecule has 0 saturated carbocycles. The summed E-state index contributed by atoms with van der Waals surface area (Å²) < 4.78 is 0.752. The van der Waals surface area contributed by atoms with Crippen LogP contribution < -0.4 is 11.1 Å². The number of carbonyl (C=O) groups excluding carboxylic acids is 1. The SMILES string of the molecule is Nc1cc(C(=O)N[C@H](CO)Cc2ccccc2)ccc1Br. The highest BCUT2D eigenvalue weighted by Crippen LogP contribution is 2.20. The van der Waals surface area contributed by atoms with E-state index in [2.05, 4.69) is 21.2 Å². The van der Waals surface area contributed by atoms with Crippen LogP contribution in [-0.2, 0) is 6.42 Å². The Hall–Kier alpha value is -1.85. The molecule has 1 atom stereocenters. The lowest BCUT2D eigenvalue weighted by Crippen LogP contribution is -2.39. The smallest absolute Gasteiger partial charge is 0.251 e. The molecule has 1 amide bonds. The van der Waals surface area contributed by atoms with E-state index in [-0.39, 0.29) is 18.6 Å². The standard InChI is InChI=1S/C16H17BrN2O2/c17-14-7-6-12(9-15(14)18)16(21)19-13(10-20)8-11-4-2-1-3-5-11/h1-7,9,13,20H,8,10,18H2,(H,19,21)/t13-/m0/s1. The third kappa shape index (κ3) is 4.31. The fourth-order valence-corrected chi connectivity index (χ4v) is 2.26. The van der Waals surface area contributed by atoms with Crippen LogP contribution >= 0.6 is 15.9 Å². The lowest BCUT2D eigenvalue weighted by molar-refractivity contribution is 0.0916. The van der Waals surface area contributed by atoms with Crippen LogP contribution in [0.4, 0.5) is 5.69 Å². The summed E-state index contributed by atoms with van der Waals surface area (Å²) in [7, 11) is 0. The molecule has 0 aliphatic rings. The van der Waals surface area contributed by atoms with Crippen molar-refractivity contribution in [2.24, 2.45) is 0 Å². The van der Waals surface area contributed by atoms with Gasteiger partial charge in [0.05, 0.1) is 12.6 Å². The minimum absolute atomic E-state index is 0.118. The van der Waals surface area contributed by atoms with Gasteiger partial charge in [-0.05, 0) is 46.1 Å². The molecule has 0 saturated heterocycles. The summed E-state index contributed by atoms with van der Waals surface area (Å²) >= 11 is 3.29. The molecule has 0 unspecified atom stereocenters. The molecule has 0 spiro atoms. The predicted molar refractivity (Wildman–Crippen MR) is 87.0 cm³/mol. The van der Waals surface area contributed by atoms with Crippen LogP contribution in [0.1, 0.15) is 15.9 Å². The third-order valence-electron chi connectivity index (χ3n) is 3.14. The van der Waals surface area contributed by atoms with Gasteiger partial charge in [0.1, 0.15) is 0 Å². The molecule has 110 valence electrons. The summed E-state index contributed by atoms with van der Waals surface area (Å²) in [5, 5.41) is 12.3. The molecule has 0 aliphatic heterocycles. The second-order valence-corrected chi connectivity index (χ2v) is 5.63. The van der Waals surface area contributed by atoms with Gasteiger partial charge in [-0.3, -0.25) is 4.79 Å². The van der Waals surface area contributed by atoms with E-state index in [0.29, 0.717) is 17.7 Å². The first-order chi connectivity index (χ1) is 10.1. The zero-order chi connectivity index (χ0) is 15.2. The van der Waals surface area contributed by atoms with Crippen molar-refractivity contribution in [1.82, 2.24) is 5.32 Å². The molecule has 0 heterocycles. The number of aliphatic hydroxyl groups is 1. The Bertz CT molecular complexity index is 617. The lowest BCUT2D eigenvalue weighted by Gasteiger charge is -2.16. The summed E-state index contributed by atoms with van der Waals surface area (Å²) in [5.74, 6) is -0.246. The summed E-state index contributed by atoms with van der Waals surface area (Å²) in [4.78, 5) is 12.2. The number of hydrogen-bond donors (Lipinski definition) is 3. The maximum absolute atomic E-state index is 12.2. The highest BCUT2D eigenvalue weighted by molar-refractivity contribution is 9.10. The first-order valence-corrected chi connectivity index (χ1v) is 7.40. The highest BCUT2D eigenvalue weighted by atomic mass is 79.9. The number of rotatable bonds is 5. The molecule has 4 nitrogen and oxygen atoms in total. The normalized spacial score (nSPS) is 11.9. The number of benzene rings is 2. The number of halogens is 1. The summed E-state index contributed by atoms with van der Waals surface area (Å²) in [6, 6.07) is 14.4. The minimum atomic E-state index is -0.329. The van der Waals surface area contributed by atoms with E-state index in [1.165, 1.54) is 0 Å². The summed E-state index contributed by atoms with van der Waals surface area (Å²) in [6.45, 7) is -0.118. The van der Waals surface area contributed by atoms with E-state index in [0.717, 1.165) is 10.0 Å². The number of nitrogen functional groups attached to an aromatic ring is 1. The van der Waals surface area contributed by atoms with Gasteiger partial charge in [-0.1, -0.05) is 30.3 Å². The average Bonchev–Trinajstić information content (AvgIpc) is 2.50. The molecule has 21 heavy (non-hydrogen) atoms. The van der Waals surface area contributed by atoms with Crippen molar-refractivity contribution in [1.29, 1.82) is 0 Å². The molecule has 2 aromatic carbocycles. The number of nitrogens with two attached hydrogens (primary N) is 1. The monoisotopic (exact) mass is 348 g/mol. The maximum atomic E-state index is 12.2. The van der Waals surface area contributed by atoms with Crippen molar-refractivity contribution in [3.63, 3.8) is 0 Å². The maximum Gasteiger partial charge on any atom is 0.251 e. The van der Waals surface area contributed by atoms with E-state index in [1.807, 2.05) is 30.3 Å². The molecule has 0 aliphatic carbocycles. The highest BCUT2D eigenvalue weighted by Gasteiger charge is 2.14. The van der Waals surface area contributed by atoms with Crippen molar-refractivity contribution < 1.29 is 9.90 Å². The van der Waals surface area contributed by atoms with Crippen LogP contribution in [0.2, 0.25) is 0 Å². The molecule has 5 heteroatoms. The summed E-state index contributed by atoms with van der Waals surface area (Å²) in [6.07, 6.45) is 0.578. The third-order valence-corrected chi connectivity index (χ3v) is 3.86. The Morgan fingerprint density at radius 2 is 1.95 bits per heavy atom. The van der Waals surface area contributed by atoms with Crippen molar-refractivity contribution in [2.75, 3.05) is 12.3 Å². The number of hydrogen-bond acceptors (Lipinski definition) is 3. The summed E-state index contributed by atoms with van der Waals surface area (Å²) in [5.41, 5.74) is 7.81. The van der Waals surface area contributed by atoms with Crippen LogP contribution in [0.3, 0.4) is 0 Å². The molecular formula is C16H17BrN2O2. The van der Waals surface area contributed by atoms with Gasteiger partial charge < -0.3 is 16.2 Å². The molecule has 0 fully saturated rings. The van der Waals surface area contributed by atoms with Gasteiger partial charge in [0.15, 0.2) is 0 Å². The van der Waals surface area contributed by atoms with Gasteiger partial charge in [0.25, 0.3) is 5.91 Å². The topological polar surface area (TPSA) is 75.4 Å². The largest absolute Gasteiger partial charge is 0.398 e. The van der Waals surface area contributed by atoms with Crippen LogP contribution in [0.25, 0.3) is 0 Å². The molecular weight excluding hydrogens is 332 g/mol. The molecule has 0 aromatic heterocycles. The second kappa shape index (κ2) is 7.24. The predicted octanol–water partition coefficient (Wildman–Crippen LogP) is 2.36. The first-order valence-electron chi connectivity index (χ1n) is 6.61. The Balaban J connectivity index is 2.04. The quantitative estimate of drug-likeness (QED) is 0.726. The van der Waals surface area contributed by atoms with Gasteiger partial charge in [0.2, 0.25) is 0 Å². The van der Waals surface area contributed by atoms with Gasteiger partial charge in [-0.2, -0.15) is 0 Å². The average molecular weight is 349 g/mol.